The first kappa shape index (κ1) is 57.5. The number of ether oxygens (including phenoxy) is 6. The second kappa shape index (κ2) is 38.9. The normalized spacial score (nSPS) is 13.7. The van der Waals surface area contributed by atoms with Gasteiger partial charge in [0, 0.05) is 50.0 Å². The van der Waals surface area contributed by atoms with E-state index in [2.05, 4.69) is 27.7 Å². The first-order chi connectivity index (χ1) is 30.1. The van der Waals surface area contributed by atoms with Crippen molar-refractivity contribution < 1.29 is 57.2 Å². The van der Waals surface area contributed by atoms with Crippen LogP contribution < -0.4 is 0 Å². The zero-order chi connectivity index (χ0) is 45.5. The highest BCUT2D eigenvalue weighted by Crippen LogP contribution is 2.50. The predicted molar refractivity (Wildman–Crippen MR) is 248 cm³/mol. The lowest BCUT2D eigenvalue weighted by Crippen LogP contribution is -2.32. The lowest BCUT2D eigenvalue weighted by molar-refractivity contribution is -0.167. The van der Waals surface area contributed by atoms with Crippen molar-refractivity contribution >= 4 is 59.3 Å². The van der Waals surface area contributed by atoms with Crippen LogP contribution in [0.5, 0.6) is 0 Å². The van der Waals surface area contributed by atoms with E-state index in [4.69, 9.17) is 28.4 Å². The Labute approximate surface area is 383 Å². The summed E-state index contributed by atoms with van der Waals surface area (Å²) in [5.41, 5.74) is 0. The van der Waals surface area contributed by atoms with Crippen LogP contribution in [0.3, 0.4) is 0 Å². The first-order valence-electron chi connectivity index (χ1n) is 24.4. The van der Waals surface area contributed by atoms with E-state index in [9.17, 15) is 28.8 Å². The van der Waals surface area contributed by atoms with E-state index >= 15 is 0 Å². The molecule has 12 nitrogen and oxygen atoms in total. The molecular formula is C48H84O12S2. The lowest BCUT2D eigenvalue weighted by Gasteiger charge is -2.27. The number of thioether (sulfide) groups is 2. The fourth-order valence-corrected chi connectivity index (χ4v) is 10.1. The molecule has 1 unspecified atom stereocenters. The van der Waals surface area contributed by atoms with Crippen LogP contribution in [-0.4, -0.2) is 90.0 Å². The van der Waals surface area contributed by atoms with Crippen LogP contribution in [0, 0.1) is 0 Å². The average molecular weight is 917 g/mol. The third-order valence-electron chi connectivity index (χ3n) is 10.7. The molecule has 360 valence electrons. The summed E-state index contributed by atoms with van der Waals surface area (Å²) in [6.07, 6.45) is 21.3. The fourth-order valence-electron chi connectivity index (χ4n) is 6.92. The molecule has 1 heterocycles. The lowest BCUT2D eigenvalue weighted by atomic mass is 10.1. The summed E-state index contributed by atoms with van der Waals surface area (Å²) in [6.45, 7) is 7.76. The number of hydrogen-bond acceptors (Lipinski definition) is 14. The van der Waals surface area contributed by atoms with Crippen LogP contribution in [0.15, 0.2) is 0 Å². The Balaban J connectivity index is 2.79. The molecule has 1 rings (SSSR count). The molecule has 0 saturated carbocycles. The molecule has 1 aliphatic rings. The molecule has 0 N–H and O–H groups in total. The molecule has 0 aromatic rings. The van der Waals surface area contributed by atoms with E-state index < -0.39 is 28.2 Å². The second-order valence-electron chi connectivity index (χ2n) is 16.6. The largest absolute Gasteiger partial charge is 0.462 e. The van der Waals surface area contributed by atoms with E-state index in [1.54, 1.807) is 23.5 Å². The van der Waals surface area contributed by atoms with Crippen molar-refractivity contribution in [2.24, 2.45) is 0 Å². The third kappa shape index (κ3) is 32.2. The molecule has 0 bridgehead atoms. The maximum Gasteiger partial charge on any atom is 0.306 e. The highest BCUT2D eigenvalue weighted by atomic mass is 32.2. The Bertz CT molecular complexity index is 1180. The van der Waals surface area contributed by atoms with Crippen molar-refractivity contribution in [3.8, 4) is 0 Å². The maximum absolute atomic E-state index is 13.3. The van der Waals surface area contributed by atoms with Gasteiger partial charge in [0.25, 0.3) is 0 Å². The Morgan fingerprint density at radius 2 is 0.629 bits per heavy atom. The minimum Gasteiger partial charge on any atom is -0.462 e. The molecule has 1 saturated heterocycles. The summed E-state index contributed by atoms with van der Waals surface area (Å²) in [5.74, 6) is -0.809. The van der Waals surface area contributed by atoms with Gasteiger partial charge in [0.15, 0.2) is 12.2 Å². The summed E-state index contributed by atoms with van der Waals surface area (Å²) < 4.78 is 32.9. The van der Waals surface area contributed by atoms with Crippen molar-refractivity contribution in [1.29, 1.82) is 0 Å². The molecule has 0 amide bonds. The molecule has 1 atom stereocenters. The van der Waals surface area contributed by atoms with E-state index in [0.29, 0.717) is 12.8 Å². The monoisotopic (exact) mass is 917 g/mol. The Hall–Kier alpha value is -2.48. The molecule has 0 aliphatic carbocycles. The number of carbonyl (C=O) groups is 6. The Morgan fingerprint density at radius 3 is 0.903 bits per heavy atom. The maximum atomic E-state index is 13.3. The first-order valence-corrected chi connectivity index (χ1v) is 26.3. The van der Waals surface area contributed by atoms with Crippen LogP contribution in [0.4, 0.5) is 0 Å². The van der Waals surface area contributed by atoms with Gasteiger partial charge in [0.2, 0.25) is 0 Å². The zero-order valence-corrected chi connectivity index (χ0v) is 40.8. The number of rotatable bonds is 41. The Kier molecular flexibility index (Phi) is 36.1. The summed E-state index contributed by atoms with van der Waals surface area (Å²) in [4.78, 5) is 76.5. The number of carbonyl (C=O) groups excluding carboxylic acids is 6. The number of esters is 6. The molecule has 1 aliphatic heterocycles. The van der Waals surface area contributed by atoms with E-state index in [1.165, 1.54) is 6.42 Å². The van der Waals surface area contributed by atoms with E-state index in [1.807, 2.05) is 0 Å². The molecule has 14 heteroatoms. The molecule has 0 aromatic carbocycles. The van der Waals surface area contributed by atoms with Gasteiger partial charge >= 0.3 is 35.8 Å². The highest BCUT2D eigenvalue weighted by molar-refractivity contribution is 8.21. The molecule has 0 spiro atoms. The van der Waals surface area contributed by atoms with Crippen LogP contribution in [0.1, 0.15) is 214 Å². The average Bonchev–Trinajstić information content (AvgIpc) is 3.74. The topological polar surface area (TPSA) is 158 Å². The highest BCUT2D eigenvalue weighted by Gasteiger charge is 2.37. The smallest absolute Gasteiger partial charge is 0.306 e. The van der Waals surface area contributed by atoms with Crippen LogP contribution in [0.2, 0.25) is 0 Å². The summed E-state index contributed by atoms with van der Waals surface area (Å²) in [6, 6.07) is 0. The minimum atomic E-state index is -0.933. The molecular weight excluding hydrogens is 833 g/mol. The number of hydrogen-bond donors (Lipinski definition) is 0. The van der Waals surface area contributed by atoms with E-state index in [-0.39, 0.29) is 88.8 Å². The summed E-state index contributed by atoms with van der Waals surface area (Å²) in [5, 5.41) is 0. The van der Waals surface area contributed by atoms with Gasteiger partial charge in [-0.05, 0) is 38.5 Å². The van der Waals surface area contributed by atoms with Gasteiger partial charge in [0.05, 0.1) is 4.08 Å². The van der Waals surface area contributed by atoms with Crippen molar-refractivity contribution in [3.05, 3.63) is 0 Å². The van der Waals surface area contributed by atoms with Crippen molar-refractivity contribution in [2.45, 2.75) is 230 Å². The van der Waals surface area contributed by atoms with E-state index in [0.717, 1.165) is 140 Å². The van der Waals surface area contributed by atoms with Crippen LogP contribution in [-0.2, 0) is 57.2 Å². The molecule has 1 fully saturated rings. The van der Waals surface area contributed by atoms with Crippen LogP contribution >= 0.6 is 23.5 Å². The minimum absolute atomic E-state index is 0.0495. The standard InChI is InChI=1S/C48H84O12S2/c1-5-9-13-17-21-25-29-45(52)58-39-41(38-57-44(51)28-24-20-16-12-8-4)60-47(54)31-33-48(61-34-35-62-48)32-30-46(53)59-40(36-55-42(49)26-22-18-14-10-6-2)37-56-43(50)27-23-19-15-11-7-3/h40-41H,5-39H2,1-4H3. The van der Waals surface area contributed by atoms with Gasteiger partial charge in [-0.2, -0.15) is 0 Å². The van der Waals surface area contributed by atoms with Gasteiger partial charge in [-0.15, -0.1) is 23.5 Å². The zero-order valence-electron chi connectivity index (χ0n) is 39.1. The van der Waals surface area contributed by atoms with Gasteiger partial charge in [-0.3, -0.25) is 28.8 Å². The second-order valence-corrected chi connectivity index (χ2v) is 19.8. The van der Waals surface area contributed by atoms with Crippen molar-refractivity contribution in [2.75, 3.05) is 37.9 Å². The SMILES string of the molecule is CCCCCCCCC(=O)OCC(COC(=O)CCCCCCC)OC(=O)CCC1(CCC(=O)OC(COC(=O)CCCCCCC)COC(=O)CCCCCCC)SCCS1. The molecule has 0 aromatic heterocycles. The fraction of sp³-hybridized carbons (Fsp3) is 0.875. The molecule has 0 radical (unpaired) electrons. The Morgan fingerprint density at radius 1 is 0.371 bits per heavy atom. The van der Waals surface area contributed by atoms with Gasteiger partial charge in [0.1, 0.15) is 26.4 Å². The predicted octanol–water partition coefficient (Wildman–Crippen LogP) is 11.6. The van der Waals surface area contributed by atoms with Crippen molar-refractivity contribution in [3.63, 3.8) is 0 Å². The van der Waals surface area contributed by atoms with Gasteiger partial charge in [-0.25, -0.2) is 0 Å². The van der Waals surface area contributed by atoms with Crippen LogP contribution in [0.25, 0.3) is 0 Å². The quantitative estimate of drug-likeness (QED) is 0.0324. The number of unbranched alkanes of at least 4 members (excludes halogenated alkanes) is 17. The van der Waals surface area contributed by atoms with Gasteiger partial charge in [-0.1, -0.05) is 137 Å². The molecule has 62 heavy (non-hydrogen) atoms. The van der Waals surface area contributed by atoms with Gasteiger partial charge < -0.3 is 28.4 Å². The van der Waals surface area contributed by atoms with Crippen molar-refractivity contribution in [1.82, 2.24) is 0 Å². The summed E-state index contributed by atoms with van der Waals surface area (Å²) in [7, 11) is 0. The third-order valence-corrected chi connectivity index (χ3v) is 14.4. The summed E-state index contributed by atoms with van der Waals surface area (Å²) >= 11 is 3.38.